The molecule has 0 aliphatic heterocycles. The third-order valence-corrected chi connectivity index (χ3v) is 7.37. The number of carbonyl (C=O) groups is 1. The Bertz CT molecular complexity index is 782. The summed E-state index contributed by atoms with van der Waals surface area (Å²) >= 11 is 0. The normalized spacial score (nSPS) is 29.3. The fraction of sp³-hybridized carbons (Fsp3) is 0.632. The molecule has 3 aliphatic carbocycles. The molecule has 2 saturated carbocycles. The average molecular weight is 347 g/mol. The zero-order valence-corrected chi connectivity index (χ0v) is 15.0. The Morgan fingerprint density at radius 1 is 1.25 bits per heavy atom. The van der Waals surface area contributed by atoms with Gasteiger partial charge in [-0.15, -0.1) is 0 Å². The molecule has 0 bridgehead atoms. The molecule has 1 spiro atoms. The number of nitrogens with one attached hydrogen (secondary N) is 1. The lowest BCUT2D eigenvalue weighted by Crippen LogP contribution is -2.31. The molecule has 3 aliphatic rings. The molecule has 0 heterocycles. The lowest BCUT2D eigenvalue weighted by Gasteiger charge is -2.15. The van der Waals surface area contributed by atoms with E-state index in [9.17, 15) is 13.2 Å². The highest BCUT2D eigenvalue weighted by Gasteiger charge is 2.57. The molecule has 1 aromatic rings. The molecule has 2 fully saturated rings. The van der Waals surface area contributed by atoms with Gasteiger partial charge in [0, 0.05) is 24.6 Å². The Hall–Kier alpha value is -1.36. The summed E-state index contributed by atoms with van der Waals surface area (Å²) in [6.07, 6.45) is 6.84. The Labute approximate surface area is 143 Å². The lowest BCUT2D eigenvalue weighted by molar-refractivity contribution is -0.122. The summed E-state index contributed by atoms with van der Waals surface area (Å²) in [5.74, 6) is 0.702. The summed E-state index contributed by atoms with van der Waals surface area (Å²) < 4.78 is 23.0. The summed E-state index contributed by atoms with van der Waals surface area (Å²) in [4.78, 5) is 12.3. The minimum atomic E-state index is -3.02. The van der Waals surface area contributed by atoms with Crippen LogP contribution in [-0.4, -0.2) is 32.9 Å². The second kappa shape index (κ2) is 5.32. The molecular formula is C19H25NO3S. The molecule has 0 aromatic heterocycles. The van der Waals surface area contributed by atoms with Crippen molar-refractivity contribution in [3.63, 3.8) is 0 Å². The van der Waals surface area contributed by atoms with Gasteiger partial charge in [0.15, 0.2) is 0 Å². The van der Waals surface area contributed by atoms with Crippen LogP contribution in [0.4, 0.5) is 0 Å². The zero-order chi connectivity index (χ0) is 17.0. The van der Waals surface area contributed by atoms with E-state index in [1.54, 1.807) is 0 Å². The summed E-state index contributed by atoms with van der Waals surface area (Å²) in [5, 5.41) is 3.07. The van der Waals surface area contributed by atoms with E-state index in [0.29, 0.717) is 17.8 Å². The van der Waals surface area contributed by atoms with Gasteiger partial charge in [0.1, 0.15) is 9.84 Å². The van der Waals surface area contributed by atoms with Gasteiger partial charge >= 0.3 is 0 Å². The number of hydrogen-bond donors (Lipinski definition) is 1. The van der Waals surface area contributed by atoms with Crippen LogP contribution < -0.4 is 5.32 Å². The van der Waals surface area contributed by atoms with Gasteiger partial charge < -0.3 is 5.32 Å². The van der Waals surface area contributed by atoms with Crippen LogP contribution in [0.5, 0.6) is 0 Å². The topological polar surface area (TPSA) is 63.2 Å². The van der Waals surface area contributed by atoms with Gasteiger partial charge in [0.25, 0.3) is 0 Å². The predicted octanol–water partition coefficient (Wildman–Crippen LogP) is 2.22. The summed E-state index contributed by atoms with van der Waals surface area (Å²) in [6.45, 7) is 0.724. The Morgan fingerprint density at radius 3 is 2.71 bits per heavy atom. The van der Waals surface area contributed by atoms with E-state index in [-0.39, 0.29) is 17.1 Å². The van der Waals surface area contributed by atoms with Crippen molar-refractivity contribution in [3.8, 4) is 0 Å². The van der Waals surface area contributed by atoms with Crippen LogP contribution in [-0.2, 0) is 26.5 Å². The van der Waals surface area contributed by atoms with Crippen molar-refractivity contribution in [1.82, 2.24) is 5.32 Å². The maximum atomic E-state index is 12.3. The third-order valence-electron chi connectivity index (χ3n) is 6.23. The van der Waals surface area contributed by atoms with Crippen molar-refractivity contribution < 1.29 is 13.2 Å². The molecular weight excluding hydrogens is 322 g/mol. The molecule has 2 atom stereocenters. The van der Waals surface area contributed by atoms with Gasteiger partial charge in [-0.25, -0.2) is 8.42 Å². The lowest BCUT2D eigenvalue weighted by atomic mass is 9.95. The van der Waals surface area contributed by atoms with E-state index in [1.165, 1.54) is 30.2 Å². The number of aryl methyl sites for hydroxylation is 1. The van der Waals surface area contributed by atoms with Crippen LogP contribution in [0.3, 0.4) is 0 Å². The third kappa shape index (κ3) is 2.99. The summed E-state index contributed by atoms with van der Waals surface area (Å²) in [5.41, 5.74) is 2.98. The molecule has 4 rings (SSSR count). The minimum Gasteiger partial charge on any atom is -0.356 e. The molecule has 1 aromatic carbocycles. The van der Waals surface area contributed by atoms with E-state index in [4.69, 9.17) is 0 Å². The molecule has 4 nitrogen and oxygen atoms in total. The van der Waals surface area contributed by atoms with Crippen molar-refractivity contribution in [1.29, 1.82) is 0 Å². The van der Waals surface area contributed by atoms with Crippen molar-refractivity contribution in [2.75, 3.05) is 18.6 Å². The van der Waals surface area contributed by atoms with E-state index >= 15 is 0 Å². The molecule has 0 radical (unpaired) electrons. The van der Waals surface area contributed by atoms with Gasteiger partial charge in [-0.1, -0.05) is 24.3 Å². The van der Waals surface area contributed by atoms with Crippen LogP contribution in [0.2, 0.25) is 0 Å². The Kier molecular flexibility index (Phi) is 3.57. The highest BCUT2D eigenvalue weighted by atomic mass is 32.2. The molecule has 1 N–H and O–H groups in total. The first-order chi connectivity index (χ1) is 11.3. The van der Waals surface area contributed by atoms with Gasteiger partial charge in [-0.2, -0.15) is 0 Å². The largest absolute Gasteiger partial charge is 0.356 e. The van der Waals surface area contributed by atoms with Gasteiger partial charge in [0.2, 0.25) is 5.91 Å². The average Bonchev–Trinajstić information content (AvgIpc) is 3.36. The fourth-order valence-corrected chi connectivity index (χ4v) is 6.25. The van der Waals surface area contributed by atoms with Crippen molar-refractivity contribution in [3.05, 3.63) is 35.4 Å². The molecule has 24 heavy (non-hydrogen) atoms. The molecule has 1 amide bonds. The van der Waals surface area contributed by atoms with E-state index in [0.717, 1.165) is 25.8 Å². The Balaban J connectivity index is 1.31. The second-order valence-corrected chi connectivity index (χ2v) is 10.4. The van der Waals surface area contributed by atoms with Gasteiger partial charge in [-0.3, -0.25) is 4.79 Å². The first-order valence-electron chi connectivity index (χ1n) is 8.85. The smallest absolute Gasteiger partial charge is 0.220 e. The number of hydrogen-bond acceptors (Lipinski definition) is 3. The van der Waals surface area contributed by atoms with Crippen molar-refractivity contribution >= 4 is 15.7 Å². The minimum absolute atomic E-state index is 0.0180. The highest BCUT2D eigenvalue weighted by molar-refractivity contribution is 7.90. The van der Waals surface area contributed by atoms with Crippen LogP contribution in [0.25, 0.3) is 0 Å². The van der Waals surface area contributed by atoms with Crippen molar-refractivity contribution in [2.45, 2.75) is 43.9 Å². The molecule has 5 heteroatoms. The fourth-order valence-electron chi connectivity index (χ4n) is 4.75. The quantitative estimate of drug-likeness (QED) is 0.858. The van der Waals surface area contributed by atoms with Gasteiger partial charge in [-0.05, 0) is 54.6 Å². The molecule has 0 saturated heterocycles. The summed E-state index contributed by atoms with van der Waals surface area (Å²) in [6, 6.07) is 8.69. The first kappa shape index (κ1) is 16.1. The number of benzene rings is 1. The molecule has 0 unspecified atom stereocenters. The van der Waals surface area contributed by atoms with Crippen LogP contribution in [0, 0.1) is 11.3 Å². The van der Waals surface area contributed by atoms with E-state index < -0.39 is 9.84 Å². The number of sulfone groups is 1. The maximum absolute atomic E-state index is 12.3. The van der Waals surface area contributed by atoms with Crippen LogP contribution >= 0.6 is 0 Å². The van der Waals surface area contributed by atoms with Crippen LogP contribution in [0.15, 0.2) is 24.3 Å². The van der Waals surface area contributed by atoms with E-state index in [2.05, 4.69) is 29.6 Å². The van der Waals surface area contributed by atoms with Gasteiger partial charge in [0.05, 0.1) is 5.75 Å². The zero-order valence-electron chi connectivity index (χ0n) is 14.2. The van der Waals surface area contributed by atoms with Crippen LogP contribution in [0.1, 0.15) is 43.2 Å². The number of rotatable bonds is 6. The maximum Gasteiger partial charge on any atom is 0.220 e. The second-order valence-electron chi connectivity index (χ2n) is 8.27. The summed E-state index contributed by atoms with van der Waals surface area (Å²) in [7, 11) is -3.02. The SMILES string of the molecule is CS(=O)(=O)CC1(CC(=O)NC[C@H]2C[C@]23CCc2ccccc23)CC1. The predicted molar refractivity (Wildman–Crippen MR) is 93.6 cm³/mol. The standard InChI is InChI=1S/C19H25NO3S/c1-24(22,23)13-18(8-9-18)11-17(21)20-12-15-10-19(15)7-6-14-4-2-3-5-16(14)19/h2-5,15H,6-13H2,1H3,(H,20,21)/t15-,19-/m1/s1. The van der Waals surface area contributed by atoms with E-state index in [1.807, 2.05) is 0 Å². The number of fused-ring (bicyclic) bond motifs is 2. The molecule has 130 valence electrons. The first-order valence-corrected chi connectivity index (χ1v) is 10.9. The Morgan fingerprint density at radius 2 is 2.00 bits per heavy atom. The monoisotopic (exact) mass is 347 g/mol. The van der Waals surface area contributed by atoms with Crippen molar-refractivity contribution in [2.24, 2.45) is 11.3 Å². The number of amides is 1. The highest BCUT2D eigenvalue weighted by Crippen LogP contribution is 2.61. The number of carbonyl (C=O) groups excluding carboxylic acids is 1.